The summed E-state index contributed by atoms with van der Waals surface area (Å²) in [6.07, 6.45) is 6.44. The third kappa shape index (κ3) is 3.07. The number of cyclic esters (lactones) is 1. The van der Waals surface area contributed by atoms with Gasteiger partial charge < -0.3 is 14.6 Å². The number of carboxylic acid groups (broad SMARTS) is 1. The molecule has 1 heterocycles. The average molecular weight is 366 g/mol. The van der Waals surface area contributed by atoms with Crippen molar-refractivity contribution in [3.63, 3.8) is 0 Å². The van der Waals surface area contributed by atoms with Crippen LogP contribution in [0.4, 0.5) is 0 Å². The molecular weight excluding hydrogens is 348 g/mol. The summed E-state index contributed by atoms with van der Waals surface area (Å²) in [6.45, 7) is 0. The number of allylic oxidation sites excluding steroid dienone is 3. The van der Waals surface area contributed by atoms with Gasteiger partial charge in [-0.05, 0) is 28.9 Å². The van der Waals surface area contributed by atoms with Crippen molar-refractivity contribution in [2.45, 2.75) is 32.0 Å². The van der Waals surface area contributed by atoms with E-state index in [4.69, 9.17) is 9.47 Å². The lowest BCUT2D eigenvalue weighted by atomic mass is 9.76. The fourth-order valence-corrected chi connectivity index (χ4v) is 3.87. The number of ether oxygens (including phenoxy) is 2. The highest BCUT2D eigenvalue weighted by Gasteiger charge is 2.35. The molecule has 1 fully saturated rings. The van der Waals surface area contributed by atoms with Gasteiger partial charge in [-0.2, -0.15) is 0 Å². The molecule has 1 aromatic rings. The van der Waals surface area contributed by atoms with Crippen LogP contribution < -0.4 is 10.4 Å². The molecule has 1 aromatic carbocycles. The van der Waals surface area contributed by atoms with Gasteiger partial charge in [0.1, 0.15) is 0 Å². The second kappa shape index (κ2) is 6.87. The largest absolute Gasteiger partial charge is 0.478 e. The van der Waals surface area contributed by atoms with Crippen LogP contribution in [-0.2, 0) is 23.9 Å². The highest BCUT2D eigenvalue weighted by Crippen LogP contribution is 2.35. The highest BCUT2D eigenvalue weighted by atomic mass is 16.7. The maximum atomic E-state index is 13.0. The van der Waals surface area contributed by atoms with Crippen LogP contribution in [0.1, 0.15) is 25.7 Å². The van der Waals surface area contributed by atoms with Crippen LogP contribution in [0.2, 0.25) is 0 Å². The summed E-state index contributed by atoms with van der Waals surface area (Å²) < 4.78 is 10.6. The number of hydrogen-bond donors (Lipinski definition) is 1. The maximum absolute atomic E-state index is 13.0. The van der Waals surface area contributed by atoms with Crippen molar-refractivity contribution in [3.8, 4) is 0 Å². The molecule has 1 aliphatic heterocycles. The van der Waals surface area contributed by atoms with Crippen LogP contribution in [-0.4, -0.2) is 29.3 Å². The van der Waals surface area contributed by atoms with Crippen LogP contribution >= 0.6 is 0 Å². The lowest BCUT2D eigenvalue weighted by Crippen LogP contribution is -2.42. The smallest absolute Gasteiger partial charge is 0.342 e. The van der Waals surface area contributed by atoms with Gasteiger partial charge in [0.25, 0.3) is 0 Å². The van der Waals surface area contributed by atoms with E-state index in [1.165, 1.54) is 0 Å². The topological polar surface area (TPSA) is 89.9 Å². The molecule has 0 radical (unpaired) electrons. The zero-order valence-corrected chi connectivity index (χ0v) is 14.5. The Hall–Kier alpha value is -3.15. The van der Waals surface area contributed by atoms with Crippen molar-refractivity contribution in [1.82, 2.24) is 0 Å². The summed E-state index contributed by atoms with van der Waals surface area (Å²) in [7, 11) is 0. The summed E-state index contributed by atoms with van der Waals surface area (Å²) in [5.74, 6) is -2.40. The summed E-state index contributed by atoms with van der Waals surface area (Å²) in [5.41, 5.74) is 1.24. The molecule has 6 heteroatoms. The quantitative estimate of drug-likeness (QED) is 0.808. The van der Waals surface area contributed by atoms with Crippen LogP contribution in [0.5, 0.6) is 0 Å². The number of carbonyl (C=O) groups excluding carboxylic acids is 2. The first kappa shape index (κ1) is 17.3. The minimum atomic E-state index is -0.998. The van der Waals surface area contributed by atoms with E-state index in [1.807, 2.05) is 12.2 Å². The molecule has 138 valence electrons. The minimum absolute atomic E-state index is 0.279. The lowest BCUT2D eigenvalue weighted by Gasteiger charge is -2.29. The Bertz CT molecular complexity index is 1010. The van der Waals surface area contributed by atoms with Gasteiger partial charge in [-0.1, -0.05) is 42.5 Å². The van der Waals surface area contributed by atoms with Gasteiger partial charge in [0.2, 0.25) is 6.29 Å². The van der Waals surface area contributed by atoms with E-state index in [-0.39, 0.29) is 11.5 Å². The van der Waals surface area contributed by atoms with Gasteiger partial charge in [-0.25, -0.2) is 9.59 Å². The van der Waals surface area contributed by atoms with Crippen LogP contribution in [0.3, 0.4) is 0 Å². The molecule has 2 atom stereocenters. The molecule has 2 unspecified atom stereocenters. The Morgan fingerprint density at radius 3 is 2.70 bits per heavy atom. The Balaban J connectivity index is 1.86. The Morgan fingerprint density at radius 2 is 1.96 bits per heavy atom. The lowest BCUT2D eigenvalue weighted by molar-refractivity contribution is -0.191. The fourth-order valence-electron chi connectivity index (χ4n) is 3.87. The third-order valence-electron chi connectivity index (χ3n) is 5.04. The van der Waals surface area contributed by atoms with Gasteiger partial charge in [-0.3, -0.25) is 4.79 Å². The monoisotopic (exact) mass is 366 g/mol. The zero-order valence-electron chi connectivity index (χ0n) is 14.5. The van der Waals surface area contributed by atoms with Gasteiger partial charge in [-0.15, -0.1) is 0 Å². The number of carboxylic acids is 1. The molecule has 0 bridgehead atoms. The zero-order chi connectivity index (χ0) is 19.0. The van der Waals surface area contributed by atoms with Crippen LogP contribution in [0.25, 0.3) is 11.1 Å². The molecule has 0 amide bonds. The van der Waals surface area contributed by atoms with E-state index >= 15 is 0 Å². The molecule has 2 aliphatic carbocycles. The first-order valence-electron chi connectivity index (χ1n) is 8.90. The molecule has 6 nitrogen and oxygen atoms in total. The van der Waals surface area contributed by atoms with Gasteiger partial charge >= 0.3 is 17.9 Å². The first-order chi connectivity index (χ1) is 13.1. The Morgan fingerprint density at radius 1 is 1.19 bits per heavy atom. The third-order valence-corrected chi connectivity index (χ3v) is 5.04. The van der Waals surface area contributed by atoms with E-state index < -0.39 is 24.1 Å². The molecule has 1 N–H and O–H groups in total. The highest BCUT2D eigenvalue weighted by molar-refractivity contribution is 6.21. The fraction of sp³-hybridized carbons (Fsp3) is 0.286. The summed E-state index contributed by atoms with van der Waals surface area (Å²) in [5, 5.41) is 10.8. The second-order valence-corrected chi connectivity index (χ2v) is 6.69. The molecule has 3 aliphatic rings. The number of carbonyl (C=O) groups is 3. The van der Waals surface area contributed by atoms with Crippen molar-refractivity contribution in [3.05, 3.63) is 58.5 Å². The van der Waals surface area contributed by atoms with Crippen LogP contribution in [0, 0.1) is 5.92 Å². The average Bonchev–Trinajstić information content (AvgIpc) is 2.65. The van der Waals surface area contributed by atoms with Gasteiger partial charge in [0, 0.05) is 18.8 Å². The number of rotatable bonds is 3. The SMILES string of the molecule is O=C1CCCC(OC(=O)C2=c3ccccc3=C(C(=O)O)C3CC=CC=C23)O1. The molecule has 0 spiro atoms. The predicted molar refractivity (Wildman–Crippen MR) is 95.3 cm³/mol. The molecule has 4 rings (SSSR count). The van der Waals surface area contributed by atoms with Gasteiger partial charge in [0.15, 0.2) is 0 Å². The van der Waals surface area contributed by atoms with E-state index in [0.29, 0.717) is 47.3 Å². The van der Waals surface area contributed by atoms with Crippen molar-refractivity contribution < 1.29 is 29.0 Å². The van der Waals surface area contributed by atoms with E-state index in [0.717, 1.165) is 0 Å². The Labute approximate surface area is 155 Å². The van der Waals surface area contributed by atoms with Crippen molar-refractivity contribution >= 4 is 29.1 Å². The van der Waals surface area contributed by atoms with Crippen molar-refractivity contribution in [1.29, 1.82) is 0 Å². The normalized spacial score (nSPS) is 23.7. The number of fused-ring (bicyclic) bond motifs is 2. The van der Waals surface area contributed by atoms with Crippen molar-refractivity contribution in [2.75, 3.05) is 0 Å². The Kier molecular flexibility index (Phi) is 4.39. The number of hydrogen-bond acceptors (Lipinski definition) is 5. The molecule has 0 saturated carbocycles. The molecular formula is C21H18O6. The summed E-state index contributed by atoms with van der Waals surface area (Å²) in [4.78, 5) is 36.4. The second-order valence-electron chi connectivity index (χ2n) is 6.69. The standard InChI is InChI=1S/C21H18O6/c22-16-10-5-11-17(26-16)27-21(25)19-14-8-3-1-6-12(14)18(20(23)24)13-7-2-4-9-15(13)19/h1-4,6,8-9,13,17H,5,7,10-11H2,(H,23,24). The van der Waals surface area contributed by atoms with E-state index in [1.54, 1.807) is 30.3 Å². The van der Waals surface area contributed by atoms with E-state index in [2.05, 4.69) is 0 Å². The summed E-state index contributed by atoms with van der Waals surface area (Å²) in [6, 6.07) is 6.94. The number of aliphatic carboxylic acids is 1. The molecule has 0 aromatic heterocycles. The van der Waals surface area contributed by atoms with Crippen LogP contribution in [0.15, 0.2) is 48.1 Å². The van der Waals surface area contributed by atoms with Crippen molar-refractivity contribution in [2.24, 2.45) is 5.92 Å². The number of esters is 2. The maximum Gasteiger partial charge on any atom is 0.342 e. The minimum Gasteiger partial charge on any atom is -0.478 e. The predicted octanol–water partition coefficient (Wildman–Crippen LogP) is 1.19. The molecule has 1 saturated heterocycles. The summed E-state index contributed by atoms with van der Waals surface area (Å²) >= 11 is 0. The number of benzene rings is 1. The van der Waals surface area contributed by atoms with Gasteiger partial charge in [0.05, 0.1) is 11.1 Å². The molecule has 27 heavy (non-hydrogen) atoms. The van der Waals surface area contributed by atoms with E-state index in [9.17, 15) is 19.5 Å². The first-order valence-corrected chi connectivity index (χ1v) is 8.90.